The van der Waals surface area contributed by atoms with E-state index in [1.807, 2.05) is 31.2 Å². The van der Waals surface area contributed by atoms with Crippen molar-refractivity contribution < 1.29 is 19.1 Å². The van der Waals surface area contributed by atoms with Gasteiger partial charge in [-0.05, 0) is 31.2 Å². The zero-order chi connectivity index (χ0) is 22.1. The summed E-state index contributed by atoms with van der Waals surface area (Å²) in [4.78, 5) is 30.7. The van der Waals surface area contributed by atoms with Crippen LogP contribution >= 0.6 is 0 Å². The number of rotatable bonds is 5. The Balaban J connectivity index is 1.83. The van der Waals surface area contributed by atoms with Crippen LogP contribution in [0.3, 0.4) is 0 Å². The second kappa shape index (κ2) is 8.46. The van der Waals surface area contributed by atoms with E-state index in [0.29, 0.717) is 34.4 Å². The highest BCUT2D eigenvalue weighted by Crippen LogP contribution is 2.38. The molecule has 2 aliphatic heterocycles. The Labute approximate surface area is 183 Å². The maximum absolute atomic E-state index is 13.7. The maximum atomic E-state index is 13.7. The number of benzene rings is 2. The number of aryl methyl sites for hydroxylation is 1. The number of ether oxygens (including phenoxy) is 2. The van der Waals surface area contributed by atoms with Crippen LogP contribution in [0, 0.1) is 12.8 Å². The van der Waals surface area contributed by atoms with Gasteiger partial charge < -0.3 is 14.4 Å². The summed E-state index contributed by atoms with van der Waals surface area (Å²) in [5.41, 5.74) is 3.25. The molecule has 1 saturated heterocycles. The minimum Gasteiger partial charge on any atom is -0.497 e. The number of likely N-dealkylation sites (tertiary alicyclic amines) is 1. The molecule has 2 aromatic carbocycles. The van der Waals surface area contributed by atoms with Gasteiger partial charge in [0.05, 0.1) is 25.5 Å². The zero-order valence-corrected chi connectivity index (χ0v) is 18.5. The van der Waals surface area contributed by atoms with Crippen molar-refractivity contribution in [3.05, 3.63) is 59.3 Å². The fourth-order valence-corrected chi connectivity index (χ4v) is 4.34. The van der Waals surface area contributed by atoms with Crippen LogP contribution in [0.15, 0.2) is 48.2 Å². The number of anilines is 1. The average molecular weight is 421 g/mol. The van der Waals surface area contributed by atoms with E-state index < -0.39 is 0 Å². The van der Waals surface area contributed by atoms with Crippen LogP contribution in [0.2, 0.25) is 0 Å². The molecule has 0 saturated carbocycles. The summed E-state index contributed by atoms with van der Waals surface area (Å²) in [6.45, 7) is 5.72. The Kier molecular flexibility index (Phi) is 5.72. The third kappa shape index (κ3) is 3.90. The normalized spacial score (nSPS) is 19.3. The van der Waals surface area contributed by atoms with E-state index in [-0.39, 0.29) is 11.8 Å². The highest BCUT2D eigenvalue weighted by molar-refractivity contribution is 6.45. The van der Waals surface area contributed by atoms with Gasteiger partial charge >= 0.3 is 0 Å². The van der Waals surface area contributed by atoms with Crippen molar-refractivity contribution in [2.45, 2.75) is 26.7 Å². The van der Waals surface area contributed by atoms with Crippen LogP contribution in [0.5, 0.6) is 11.5 Å². The molecule has 0 bridgehead atoms. The summed E-state index contributed by atoms with van der Waals surface area (Å²) >= 11 is 0. The summed E-state index contributed by atoms with van der Waals surface area (Å²) in [7, 11) is 3.09. The van der Waals surface area contributed by atoms with E-state index in [4.69, 9.17) is 9.47 Å². The number of imide groups is 1. The van der Waals surface area contributed by atoms with Crippen molar-refractivity contribution in [3.63, 3.8) is 0 Å². The number of piperidine rings is 1. The summed E-state index contributed by atoms with van der Waals surface area (Å²) in [6.07, 6.45) is 2.13. The standard InChI is InChI=1S/C25H28N2O4/c1-16-7-9-18(10-8-16)22-23(26-11-5-6-17(2)15-26)25(29)27(24(22)28)19-12-20(30-3)14-21(13-19)31-4/h7-10,12-14,17H,5-6,11,15H2,1-4H3. The van der Waals surface area contributed by atoms with Gasteiger partial charge in [0.15, 0.2) is 0 Å². The molecule has 162 valence electrons. The molecule has 0 aliphatic carbocycles. The van der Waals surface area contributed by atoms with Gasteiger partial charge in [0.1, 0.15) is 17.2 Å². The molecule has 0 aromatic heterocycles. The van der Waals surface area contributed by atoms with Crippen molar-refractivity contribution in [2.24, 2.45) is 5.92 Å². The molecule has 0 spiro atoms. The number of nitrogens with zero attached hydrogens (tertiary/aromatic N) is 2. The predicted octanol–water partition coefficient (Wildman–Crippen LogP) is 4.03. The lowest BCUT2D eigenvalue weighted by molar-refractivity contribution is -0.120. The van der Waals surface area contributed by atoms with E-state index in [0.717, 1.165) is 37.1 Å². The van der Waals surface area contributed by atoms with Crippen molar-refractivity contribution in [3.8, 4) is 11.5 Å². The first-order valence-electron chi connectivity index (χ1n) is 10.6. The molecule has 2 amide bonds. The first kappa shape index (κ1) is 21.0. The second-order valence-electron chi connectivity index (χ2n) is 8.30. The predicted molar refractivity (Wildman–Crippen MR) is 120 cm³/mol. The van der Waals surface area contributed by atoms with E-state index in [1.165, 1.54) is 4.90 Å². The van der Waals surface area contributed by atoms with E-state index in [9.17, 15) is 9.59 Å². The lowest BCUT2D eigenvalue weighted by Crippen LogP contribution is -2.39. The van der Waals surface area contributed by atoms with Gasteiger partial charge in [0, 0.05) is 31.3 Å². The molecule has 2 aromatic rings. The quantitative estimate of drug-likeness (QED) is 0.684. The molecule has 2 aliphatic rings. The molecular weight excluding hydrogens is 392 g/mol. The molecule has 0 N–H and O–H groups in total. The fourth-order valence-electron chi connectivity index (χ4n) is 4.34. The third-order valence-electron chi connectivity index (χ3n) is 5.97. The van der Waals surface area contributed by atoms with Crippen LogP contribution in [0.4, 0.5) is 5.69 Å². The van der Waals surface area contributed by atoms with Gasteiger partial charge in [0.2, 0.25) is 0 Å². The van der Waals surface area contributed by atoms with E-state index >= 15 is 0 Å². The maximum Gasteiger partial charge on any atom is 0.282 e. The number of hydrogen-bond acceptors (Lipinski definition) is 5. The summed E-state index contributed by atoms with van der Waals surface area (Å²) in [5.74, 6) is 0.885. The Morgan fingerprint density at radius 2 is 1.58 bits per heavy atom. The minimum atomic E-state index is -0.322. The Bertz CT molecular complexity index is 1020. The van der Waals surface area contributed by atoms with Crippen molar-refractivity contribution in [2.75, 3.05) is 32.2 Å². The molecular formula is C25H28N2O4. The zero-order valence-electron chi connectivity index (χ0n) is 18.5. The number of hydrogen-bond donors (Lipinski definition) is 0. The van der Waals surface area contributed by atoms with E-state index in [1.54, 1.807) is 32.4 Å². The van der Waals surface area contributed by atoms with Crippen LogP contribution in [0.1, 0.15) is 30.9 Å². The topological polar surface area (TPSA) is 59.1 Å². The van der Waals surface area contributed by atoms with Crippen LogP contribution < -0.4 is 14.4 Å². The molecule has 6 heteroatoms. The second-order valence-corrected chi connectivity index (χ2v) is 8.30. The van der Waals surface area contributed by atoms with Crippen molar-refractivity contribution in [1.29, 1.82) is 0 Å². The van der Waals surface area contributed by atoms with Crippen molar-refractivity contribution >= 4 is 23.1 Å². The first-order chi connectivity index (χ1) is 14.9. The molecule has 0 radical (unpaired) electrons. The highest BCUT2D eigenvalue weighted by atomic mass is 16.5. The molecule has 2 heterocycles. The van der Waals surface area contributed by atoms with Crippen molar-refractivity contribution in [1.82, 2.24) is 4.90 Å². The smallest absolute Gasteiger partial charge is 0.282 e. The number of methoxy groups -OCH3 is 2. The largest absolute Gasteiger partial charge is 0.497 e. The summed E-state index contributed by atoms with van der Waals surface area (Å²) in [6, 6.07) is 12.9. The molecule has 6 nitrogen and oxygen atoms in total. The SMILES string of the molecule is COc1cc(OC)cc(N2C(=O)C(c3ccc(C)cc3)=C(N3CCCC(C)C3)C2=O)c1. The Hall–Kier alpha value is -3.28. The summed E-state index contributed by atoms with van der Waals surface area (Å²) in [5, 5.41) is 0. The molecule has 4 rings (SSSR count). The van der Waals surface area contributed by atoms with Crippen LogP contribution in [0.25, 0.3) is 5.57 Å². The molecule has 31 heavy (non-hydrogen) atoms. The monoisotopic (exact) mass is 420 g/mol. The minimum absolute atomic E-state index is 0.301. The van der Waals surface area contributed by atoms with Crippen LogP contribution in [-0.2, 0) is 9.59 Å². The Morgan fingerprint density at radius 1 is 0.935 bits per heavy atom. The Morgan fingerprint density at radius 3 is 2.16 bits per heavy atom. The van der Waals surface area contributed by atoms with Gasteiger partial charge in [-0.15, -0.1) is 0 Å². The number of carbonyl (C=O) groups excluding carboxylic acids is 2. The molecule has 1 atom stereocenters. The van der Waals surface area contributed by atoms with Gasteiger partial charge in [-0.2, -0.15) is 0 Å². The van der Waals surface area contributed by atoms with Gasteiger partial charge in [-0.1, -0.05) is 36.8 Å². The lowest BCUT2D eigenvalue weighted by atomic mass is 9.97. The fraction of sp³-hybridized carbons (Fsp3) is 0.360. The molecule has 1 fully saturated rings. The lowest BCUT2D eigenvalue weighted by Gasteiger charge is -2.33. The van der Waals surface area contributed by atoms with E-state index in [2.05, 4.69) is 11.8 Å². The average Bonchev–Trinajstić information content (AvgIpc) is 3.04. The molecule has 1 unspecified atom stereocenters. The van der Waals surface area contributed by atoms with Crippen LogP contribution in [-0.4, -0.2) is 44.0 Å². The third-order valence-corrected chi connectivity index (χ3v) is 5.97. The number of amides is 2. The summed E-state index contributed by atoms with van der Waals surface area (Å²) < 4.78 is 10.7. The highest BCUT2D eigenvalue weighted by Gasteiger charge is 2.43. The van der Waals surface area contributed by atoms with Gasteiger partial charge in [-0.25, -0.2) is 4.90 Å². The van der Waals surface area contributed by atoms with Gasteiger partial charge in [-0.3, -0.25) is 9.59 Å². The van der Waals surface area contributed by atoms with Gasteiger partial charge in [0.25, 0.3) is 11.8 Å². The first-order valence-corrected chi connectivity index (χ1v) is 10.6. The number of carbonyl (C=O) groups is 2.